The van der Waals surface area contributed by atoms with E-state index in [9.17, 15) is 18.0 Å². The molecule has 0 aromatic carbocycles. The van der Waals surface area contributed by atoms with Gasteiger partial charge in [-0.25, -0.2) is 0 Å². The fourth-order valence-corrected chi connectivity index (χ4v) is 1.29. The number of nitrogens with two attached hydrogens (primary N) is 1. The van der Waals surface area contributed by atoms with Crippen molar-refractivity contribution in [2.45, 2.75) is 19.5 Å². The normalized spacial score (nSPS) is 11.3. The third-order valence-corrected chi connectivity index (χ3v) is 1.99. The molecular formula is C10H11F3N2O2. The Morgan fingerprint density at radius 1 is 1.53 bits per heavy atom. The van der Waals surface area contributed by atoms with Crippen molar-refractivity contribution in [1.29, 1.82) is 0 Å². The summed E-state index contributed by atoms with van der Waals surface area (Å²) in [5, 5.41) is 0. The van der Waals surface area contributed by atoms with Gasteiger partial charge >= 0.3 is 12.1 Å². The average Bonchev–Trinajstić information content (AvgIpc) is 2.19. The van der Waals surface area contributed by atoms with E-state index in [2.05, 4.69) is 9.72 Å². The number of aromatic nitrogens is 1. The van der Waals surface area contributed by atoms with E-state index in [4.69, 9.17) is 5.73 Å². The van der Waals surface area contributed by atoms with Gasteiger partial charge in [0.15, 0.2) is 0 Å². The second-order valence-electron chi connectivity index (χ2n) is 3.21. The highest BCUT2D eigenvalue weighted by atomic mass is 19.4. The van der Waals surface area contributed by atoms with E-state index in [1.54, 1.807) is 6.92 Å². The predicted octanol–water partition coefficient (Wildman–Crippen LogP) is 1.79. The van der Waals surface area contributed by atoms with Crippen molar-refractivity contribution in [1.82, 2.24) is 4.98 Å². The van der Waals surface area contributed by atoms with Crippen molar-refractivity contribution < 1.29 is 22.7 Å². The number of halogens is 3. The fourth-order valence-electron chi connectivity index (χ4n) is 1.29. The van der Waals surface area contributed by atoms with E-state index in [0.29, 0.717) is 0 Å². The van der Waals surface area contributed by atoms with Crippen LogP contribution in [-0.2, 0) is 22.1 Å². The lowest BCUT2D eigenvalue weighted by molar-refractivity contribution is -0.144. The number of pyridine rings is 1. The van der Waals surface area contributed by atoms with E-state index in [1.807, 2.05) is 0 Å². The largest absolute Gasteiger partial charge is 0.466 e. The molecule has 0 aliphatic rings. The predicted molar refractivity (Wildman–Crippen MR) is 54.0 cm³/mol. The van der Waals surface area contributed by atoms with Gasteiger partial charge in [0.1, 0.15) is 5.69 Å². The molecule has 0 aliphatic heterocycles. The van der Waals surface area contributed by atoms with E-state index in [1.165, 1.54) is 6.07 Å². The number of carbonyl (C=O) groups is 1. The summed E-state index contributed by atoms with van der Waals surface area (Å²) in [6.45, 7) is 1.66. The van der Waals surface area contributed by atoms with Crippen LogP contribution in [0.5, 0.6) is 0 Å². The molecule has 0 atom stereocenters. The molecule has 0 radical (unpaired) electrons. The average molecular weight is 248 g/mol. The van der Waals surface area contributed by atoms with Crippen molar-refractivity contribution in [3.05, 3.63) is 23.5 Å². The van der Waals surface area contributed by atoms with Crippen LogP contribution < -0.4 is 5.73 Å². The number of ether oxygens (including phenoxy) is 1. The molecule has 94 valence electrons. The first-order chi connectivity index (χ1) is 7.86. The fraction of sp³-hybridized carbons (Fsp3) is 0.400. The minimum absolute atomic E-state index is 0.0976. The van der Waals surface area contributed by atoms with Crippen LogP contribution in [0.15, 0.2) is 12.3 Å². The highest BCUT2D eigenvalue weighted by Gasteiger charge is 2.36. The summed E-state index contributed by atoms with van der Waals surface area (Å²) in [7, 11) is 0. The first kappa shape index (κ1) is 13.3. The van der Waals surface area contributed by atoms with E-state index in [0.717, 1.165) is 6.20 Å². The molecule has 1 aromatic rings. The van der Waals surface area contributed by atoms with Gasteiger partial charge in [-0.3, -0.25) is 9.78 Å². The highest BCUT2D eigenvalue weighted by Crippen LogP contribution is 2.32. The molecule has 1 rings (SSSR count). The molecule has 0 fully saturated rings. The molecule has 0 unspecified atom stereocenters. The zero-order valence-electron chi connectivity index (χ0n) is 9.04. The lowest BCUT2D eigenvalue weighted by Gasteiger charge is -2.13. The van der Waals surface area contributed by atoms with Gasteiger partial charge in [0.2, 0.25) is 0 Å². The van der Waals surface area contributed by atoms with Crippen LogP contribution in [0.1, 0.15) is 18.2 Å². The highest BCUT2D eigenvalue weighted by molar-refractivity contribution is 5.75. The Kier molecular flexibility index (Phi) is 3.93. The van der Waals surface area contributed by atoms with Gasteiger partial charge in [-0.05, 0) is 13.0 Å². The van der Waals surface area contributed by atoms with Crippen LogP contribution in [-0.4, -0.2) is 17.6 Å². The van der Waals surface area contributed by atoms with Gasteiger partial charge in [-0.1, -0.05) is 0 Å². The van der Waals surface area contributed by atoms with Crippen molar-refractivity contribution in [2.75, 3.05) is 12.3 Å². The standard InChI is InChI=1S/C10H11F3N2O2/c1-2-17-8(16)5-6-7(14)3-4-15-9(6)10(11,12)13/h3-4H,2,5H2,1H3,(H2,14,15). The Hall–Kier alpha value is -1.79. The molecule has 1 heterocycles. The second-order valence-corrected chi connectivity index (χ2v) is 3.21. The van der Waals surface area contributed by atoms with E-state index < -0.39 is 24.3 Å². The Bertz CT molecular complexity index is 419. The van der Waals surface area contributed by atoms with Crippen LogP contribution in [0, 0.1) is 0 Å². The summed E-state index contributed by atoms with van der Waals surface area (Å²) >= 11 is 0. The molecule has 17 heavy (non-hydrogen) atoms. The van der Waals surface area contributed by atoms with Gasteiger partial charge in [-0.15, -0.1) is 0 Å². The molecule has 0 spiro atoms. The topological polar surface area (TPSA) is 65.2 Å². The molecule has 0 aliphatic carbocycles. The van der Waals surface area contributed by atoms with Crippen molar-refractivity contribution in [2.24, 2.45) is 0 Å². The number of esters is 1. The summed E-state index contributed by atoms with van der Waals surface area (Å²) in [5.74, 6) is -0.766. The molecule has 0 amide bonds. The molecule has 4 nitrogen and oxygen atoms in total. The summed E-state index contributed by atoms with van der Waals surface area (Å²) in [6, 6.07) is 1.21. The number of carbonyl (C=O) groups excluding carboxylic acids is 1. The SMILES string of the molecule is CCOC(=O)Cc1c(N)ccnc1C(F)(F)F. The minimum atomic E-state index is -4.64. The number of rotatable bonds is 3. The maximum atomic E-state index is 12.6. The minimum Gasteiger partial charge on any atom is -0.466 e. The molecule has 2 N–H and O–H groups in total. The third kappa shape index (κ3) is 3.33. The number of hydrogen-bond acceptors (Lipinski definition) is 4. The maximum Gasteiger partial charge on any atom is 0.433 e. The van der Waals surface area contributed by atoms with Gasteiger partial charge < -0.3 is 10.5 Å². The monoisotopic (exact) mass is 248 g/mol. The summed E-state index contributed by atoms with van der Waals surface area (Å²) < 4.78 is 42.4. The summed E-state index contributed by atoms with van der Waals surface area (Å²) in [5.41, 5.74) is 3.79. The smallest absolute Gasteiger partial charge is 0.433 e. The van der Waals surface area contributed by atoms with Crippen molar-refractivity contribution >= 4 is 11.7 Å². The van der Waals surface area contributed by atoms with Crippen molar-refractivity contribution in [3.63, 3.8) is 0 Å². The second kappa shape index (κ2) is 5.03. The Morgan fingerprint density at radius 2 is 2.18 bits per heavy atom. The van der Waals surface area contributed by atoms with E-state index >= 15 is 0 Å². The molecule has 0 saturated carbocycles. The quantitative estimate of drug-likeness (QED) is 0.828. The molecule has 7 heteroatoms. The van der Waals surface area contributed by atoms with E-state index in [-0.39, 0.29) is 17.9 Å². The summed E-state index contributed by atoms with van der Waals surface area (Å²) in [4.78, 5) is 14.4. The van der Waals surface area contributed by atoms with Crippen LogP contribution in [0.2, 0.25) is 0 Å². The zero-order chi connectivity index (χ0) is 13.1. The Labute approximate surface area is 95.6 Å². The lowest BCUT2D eigenvalue weighted by Crippen LogP contribution is -2.17. The third-order valence-electron chi connectivity index (χ3n) is 1.99. The van der Waals surface area contributed by atoms with Gasteiger partial charge in [0.05, 0.1) is 13.0 Å². The van der Waals surface area contributed by atoms with Crippen LogP contribution in [0.4, 0.5) is 18.9 Å². The Morgan fingerprint density at radius 3 is 2.71 bits per heavy atom. The number of nitrogens with zero attached hydrogens (tertiary/aromatic N) is 1. The van der Waals surface area contributed by atoms with Gasteiger partial charge in [0.25, 0.3) is 0 Å². The molecule has 1 aromatic heterocycles. The lowest BCUT2D eigenvalue weighted by atomic mass is 10.1. The van der Waals surface area contributed by atoms with Crippen LogP contribution in [0.25, 0.3) is 0 Å². The van der Waals surface area contributed by atoms with Gasteiger partial charge in [0, 0.05) is 17.4 Å². The van der Waals surface area contributed by atoms with Crippen LogP contribution in [0.3, 0.4) is 0 Å². The number of alkyl halides is 3. The van der Waals surface area contributed by atoms with Crippen molar-refractivity contribution in [3.8, 4) is 0 Å². The molecule has 0 bridgehead atoms. The number of hydrogen-bond donors (Lipinski definition) is 1. The molecule has 0 saturated heterocycles. The number of nitrogen functional groups attached to an aromatic ring is 1. The van der Waals surface area contributed by atoms with Crippen LogP contribution >= 0.6 is 0 Å². The number of anilines is 1. The summed E-state index contributed by atoms with van der Waals surface area (Å²) in [6.07, 6.45) is -4.23. The maximum absolute atomic E-state index is 12.6. The first-order valence-corrected chi connectivity index (χ1v) is 4.82. The first-order valence-electron chi connectivity index (χ1n) is 4.82. The Balaban J connectivity index is 3.09. The van der Waals surface area contributed by atoms with Gasteiger partial charge in [-0.2, -0.15) is 13.2 Å². The molecular weight excluding hydrogens is 237 g/mol. The zero-order valence-corrected chi connectivity index (χ0v) is 9.04.